The van der Waals surface area contributed by atoms with Crippen molar-refractivity contribution >= 4 is 17.3 Å². The molecule has 2 nitrogen and oxygen atoms in total. The van der Waals surface area contributed by atoms with Crippen LogP contribution in [0.5, 0.6) is 0 Å². The van der Waals surface area contributed by atoms with E-state index in [9.17, 15) is 4.79 Å². The second kappa shape index (κ2) is 5.02. The number of hydrogen-bond donors (Lipinski definition) is 0. The molecule has 0 amide bonds. The first kappa shape index (κ1) is 10.3. The van der Waals surface area contributed by atoms with Crippen LogP contribution in [0, 0.1) is 0 Å². The molecule has 0 saturated heterocycles. The molecule has 0 aliphatic carbocycles. The summed E-state index contributed by atoms with van der Waals surface area (Å²) in [6.07, 6.45) is 3.25. The molecule has 1 rings (SSSR count). The van der Waals surface area contributed by atoms with Crippen LogP contribution in [0.3, 0.4) is 0 Å². The van der Waals surface area contributed by atoms with Gasteiger partial charge in [0.05, 0.1) is 7.11 Å². The van der Waals surface area contributed by atoms with E-state index in [0.717, 1.165) is 29.7 Å². The average molecular weight is 198 g/mol. The number of hydrogen-bond acceptors (Lipinski definition) is 3. The van der Waals surface area contributed by atoms with E-state index in [0.29, 0.717) is 0 Å². The third-order valence-corrected chi connectivity index (χ3v) is 2.85. The molecular weight excluding hydrogens is 184 g/mol. The Bertz CT molecular complexity index is 278. The van der Waals surface area contributed by atoms with Crippen molar-refractivity contribution in [2.45, 2.75) is 26.2 Å². The van der Waals surface area contributed by atoms with Crippen LogP contribution in [-0.4, -0.2) is 13.1 Å². The number of methoxy groups -OCH3 is 1. The van der Waals surface area contributed by atoms with Gasteiger partial charge in [0.25, 0.3) is 0 Å². The van der Waals surface area contributed by atoms with Crippen LogP contribution in [0.25, 0.3) is 0 Å². The molecule has 0 N–H and O–H groups in total. The lowest BCUT2D eigenvalue weighted by molar-refractivity contribution is 0.0605. The summed E-state index contributed by atoms with van der Waals surface area (Å²) in [6, 6.07) is 2.01. The SMILES string of the molecule is CCCCc1ccsc1C(=O)OC. The van der Waals surface area contributed by atoms with Crippen LogP contribution in [0.1, 0.15) is 35.0 Å². The Morgan fingerprint density at radius 1 is 1.62 bits per heavy atom. The largest absolute Gasteiger partial charge is 0.465 e. The van der Waals surface area contributed by atoms with E-state index in [4.69, 9.17) is 0 Å². The molecule has 1 aromatic rings. The molecule has 0 atom stereocenters. The highest BCUT2D eigenvalue weighted by molar-refractivity contribution is 7.12. The van der Waals surface area contributed by atoms with Crippen molar-refractivity contribution in [3.05, 3.63) is 21.9 Å². The third-order valence-electron chi connectivity index (χ3n) is 1.92. The van der Waals surface area contributed by atoms with Gasteiger partial charge in [-0.2, -0.15) is 0 Å². The summed E-state index contributed by atoms with van der Waals surface area (Å²) >= 11 is 1.46. The molecule has 1 heterocycles. The predicted octanol–water partition coefficient (Wildman–Crippen LogP) is 2.88. The van der Waals surface area contributed by atoms with Crippen molar-refractivity contribution in [3.63, 3.8) is 0 Å². The lowest BCUT2D eigenvalue weighted by atomic mass is 10.1. The second-order valence-corrected chi connectivity index (χ2v) is 3.79. The van der Waals surface area contributed by atoms with Crippen LogP contribution in [0.2, 0.25) is 0 Å². The monoisotopic (exact) mass is 198 g/mol. The van der Waals surface area contributed by atoms with Gasteiger partial charge in [-0.3, -0.25) is 0 Å². The number of ether oxygens (including phenoxy) is 1. The van der Waals surface area contributed by atoms with Crippen LogP contribution in [0.15, 0.2) is 11.4 Å². The van der Waals surface area contributed by atoms with Gasteiger partial charge in [0.2, 0.25) is 0 Å². The van der Waals surface area contributed by atoms with Gasteiger partial charge in [-0.15, -0.1) is 11.3 Å². The standard InChI is InChI=1S/C10H14O2S/c1-3-4-5-8-6-7-13-9(8)10(11)12-2/h6-7H,3-5H2,1-2H3. The number of esters is 1. The van der Waals surface area contributed by atoms with Crippen molar-refractivity contribution in [1.29, 1.82) is 0 Å². The number of carbonyl (C=O) groups excluding carboxylic acids is 1. The molecule has 1 aromatic heterocycles. The van der Waals surface area contributed by atoms with Crippen LogP contribution >= 0.6 is 11.3 Å². The first-order chi connectivity index (χ1) is 6.29. The Balaban J connectivity index is 2.71. The summed E-state index contributed by atoms with van der Waals surface area (Å²) in [4.78, 5) is 12.0. The number of carbonyl (C=O) groups is 1. The zero-order chi connectivity index (χ0) is 9.68. The molecule has 0 aliphatic heterocycles. The molecule has 0 aliphatic rings. The minimum absolute atomic E-state index is 0.207. The molecular formula is C10H14O2S. The number of unbranched alkanes of at least 4 members (excludes halogenated alkanes) is 1. The summed E-state index contributed by atoms with van der Waals surface area (Å²) in [6.45, 7) is 2.14. The Morgan fingerprint density at radius 3 is 3.00 bits per heavy atom. The van der Waals surface area contributed by atoms with Crippen molar-refractivity contribution in [1.82, 2.24) is 0 Å². The topological polar surface area (TPSA) is 26.3 Å². The Kier molecular flexibility index (Phi) is 3.96. The van der Waals surface area contributed by atoms with Crippen LogP contribution in [0.4, 0.5) is 0 Å². The molecule has 13 heavy (non-hydrogen) atoms. The minimum atomic E-state index is -0.207. The van der Waals surface area contributed by atoms with Crippen molar-refractivity contribution in [2.75, 3.05) is 7.11 Å². The van der Waals surface area contributed by atoms with Gasteiger partial charge in [0.1, 0.15) is 4.88 Å². The fourth-order valence-electron chi connectivity index (χ4n) is 1.17. The van der Waals surface area contributed by atoms with Gasteiger partial charge < -0.3 is 4.74 Å². The summed E-state index contributed by atoms with van der Waals surface area (Å²) < 4.78 is 4.69. The lowest BCUT2D eigenvalue weighted by Gasteiger charge is -2.00. The molecule has 0 fully saturated rings. The molecule has 0 radical (unpaired) electrons. The lowest BCUT2D eigenvalue weighted by Crippen LogP contribution is -2.01. The van der Waals surface area contributed by atoms with E-state index in [1.165, 1.54) is 18.4 Å². The molecule has 72 valence electrons. The highest BCUT2D eigenvalue weighted by Gasteiger charge is 2.12. The zero-order valence-electron chi connectivity index (χ0n) is 8.00. The molecule has 0 bridgehead atoms. The summed E-state index contributed by atoms with van der Waals surface area (Å²) in [5.74, 6) is -0.207. The van der Waals surface area contributed by atoms with Gasteiger partial charge in [0.15, 0.2) is 0 Å². The van der Waals surface area contributed by atoms with Crippen molar-refractivity contribution < 1.29 is 9.53 Å². The molecule has 0 saturated carbocycles. The first-order valence-corrected chi connectivity index (χ1v) is 5.32. The number of rotatable bonds is 4. The normalized spacial score (nSPS) is 10.0. The van der Waals surface area contributed by atoms with E-state index in [1.807, 2.05) is 11.4 Å². The maximum atomic E-state index is 11.2. The van der Waals surface area contributed by atoms with E-state index in [-0.39, 0.29) is 5.97 Å². The number of aryl methyl sites for hydroxylation is 1. The maximum Gasteiger partial charge on any atom is 0.348 e. The molecule has 3 heteroatoms. The molecule has 0 unspecified atom stereocenters. The number of thiophene rings is 1. The van der Waals surface area contributed by atoms with Gasteiger partial charge in [-0.25, -0.2) is 4.79 Å². The molecule has 0 spiro atoms. The molecule has 0 aromatic carbocycles. The van der Waals surface area contributed by atoms with Crippen molar-refractivity contribution in [3.8, 4) is 0 Å². The van der Waals surface area contributed by atoms with E-state index >= 15 is 0 Å². The second-order valence-electron chi connectivity index (χ2n) is 2.87. The fourth-order valence-corrected chi connectivity index (χ4v) is 2.04. The fraction of sp³-hybridized carbons (Fsp3) is 0.500. The highest BCUT2D eigenvalue weighted by atomic mass is 32.1. The zero-order valence-corrected chi connectivity index (χ0v) is 8.82. The van der Waals surface area contributed by atoms with Gasteiger partial charge in [0, 0.05) is 0 Å². The Morgan fingerprint density at radius 2 is 2.38 bits per heavy atom. The summed E-state index contributed by atoms with van der Waals surface area (Å²) in [5.41, 5.74) is 1.12. The predicted molar refractivity (Wildman–Crippen MR) is 54.3 cm³/mol. The van der Waals surface area contributed by atoms with Gasteiger partial charge in [-0.05, 0) is 29.9 Å². The van der Waals surface area contributed by atoms with E-state index in [2.05, 4.69) is 11.7 Å². The van der Waals surface area contributed by atoms with E-state index < -0.39 is 0 Å². The Hall–Kier alpha value is -0.830. The highest BCUT2D eigenvalue weighted by Crippen LogP contribution is 2.19. The Labute approximate surface area is 82.5 Å². The van der Waals surface area contributed by atoms with Gasteiger partial charge >= 0.3 is 5.97 Å². The van der Waals surface area contributed by atoms with Crippen molar-refractivity contribution in [2.24, 2.45) is 0 Å². The smallest absolute Gasteiger partial charge is 0.348 e. The van der Waals surface area contributed by atoms with Gasteiger partial charge in [-0.1, -0.05) is 13.3 Å². The first-order valence-electron chi connectivity index (χ1n) is 4.44. The quantitative estimate of drug-likeness (QED) is 0.695. The third kappa shape index (κ3) is 2.56. The van der Waals surface area contributed by atoms with Crippen LogP contribution in [-0.2, 0) is 11.2 Å². The van der Waals surface area contributed by atoms with Crippen LogP contribution < -0.4 is 0 Å². The summed E-state index contributed by atoms with van der Waals surface area (Å²) in [5, 5.41) is 1.94. The maximum absolute atomic E-state index is 11.2. The minimum Gasteiger partial charge on any atom is -0.465 e. The summed E-state index contributed by atoms with van der Waals surface area (Å²) in [7, 11) is 1.42. The average Bonchev–Trinajstić information content (AvgIpc) is 2.61. The van der Waals surface area contributed by atoms with E-state index in [1.54, 1.807) is 0 Å².